The summed E-state index contributed by atoms with van der Waals surface area (Å²) in [6, 6.07) is 12.5. The van der Waals surface area contributed by atoms with Crippen LogP contribution in [0.3, 0.4) is 0 Å². The highest BCUT2D eigenvalue weighted by Crippen LogP contribution is 2.37. The largest absolute Gasteiger partial charge is 0.494 e. The van der Waals surface area contributed by atoms with Crippen molar-refractivity contribution in [3.05, 3.63) is 47.5 Å². The second-order valence-electron chi connectivity index (χ2n) is 6.40. The number of benzene rings is 2. The number of rotatable bonds is 6. The first-order chi connectivity index (χ1) is 11.6. The van der Waals surface area contributed by atoms with Crippen LogP contribution >= 0.6 is 0 Å². The molecule has 1 aliphatic rings. The zero-order chi connectivity index (χ0) is 17.1. The molecule has 0 bridgehead atoms. The maximum Gasteiger partial charge on any atom is 0.128 e. The third kappa shape index (κ3) is 3.42. The molecule has 0 radical (unpaired) electrons. The Bertz CT molecular complexity index is 713. The quantitative estimate of drug-likeness (QED) is 0.867. The lowest BCUT2D eigenvalue weighted by Crippen LogP contribution is -2.12. The van der Waals surface area contributed by atoms with E-state index in [0.717, 1.165) is 29.2 Å². The van der Waals surface area contributed by atoms with Gasteiger partial charge in [-0.15, -0.1) is 0 Å². The van der Waals surface area contributed by atoms with E-state index >= 15 is 0 Å². The predicted molar refractivity (Wildman–Crippen MR) is 99.5 cm³/mol. The van der Waals surface area contributed by atoms with Gasteiger partial charge in [-0.05, 0) is 38.1 Å². The number of hydrogen-bond donors (Lipinski definition) is 1. The molecule has 1 N–H and O–H groups in total. The smallest absolute Gasteiger partial charge is 0.128 e. The van der Waals surface area contributed by atoms with Gasteiger partial charge >= 0.3 is 0 Å². The number of ether oxygens (including phenoxy) is 2. The number of fused-ring (bicyclic) bond motifs is 1. The first kappa shape index (κ1) is 16.5. The maximum atomic E-state index is 6.03. The van der Waals surface area contributed by atoms with E-state index in [9.17, 15) is 0 Å². The summed E-state index contributed by atoms with van der Waals surface area (Å²) in [5, 5.41) is 3.55. The molecule has 0 saturated carbocycles. The van der Waals surface area contributed by atoms with Gasteiger partial charge in [0.15, 0.2) is 0 Å². The number of nitrogens with zero attached hydrogens (tertiary/aromatic N) is 1. The van der Waals surface area contributed by atoms with Crippen molar-refractivity contribution in [3.8, 4) is 11.5 Å². The number of hydrogen-bond acceptors (Lipinski definition) is 4. The summed E-state index contributed by atoms with van der Waals surface area (Å²) in [7, 11) is 4.11. The molecule has 0 aromatic heterocycles. The molecule has 128 valence electrons. The minimum atomic E-state index is 0.227. The molecule has 24 heavy (non-hydrogen) atoms. The van der Waals surface area contributed by atoms with Gasteiger partial charge in [0.1, 0.15) is 17.6 Å². The van der Waals surface area contributed by atoms with Gasteiger partial charge in [0.2, 0.25) is 0 Å². The molecule has 3 rings (SSSR count). The predicted octanol–water partition coefficient (Wildman–Crippen LogP) is 4.09. The second kappa shape index (κ2) is 7.04. The minimum Gasteiger partial charge on any atom is -0.494 e. The average molecular weight is 326 g/mol. The van der Waals surface area contributed by atoms with Crippen LogP contribution in [0.2, 0.25) is 0 Å². The van der Waals surface area contributed by atoms with Crippen molar-refractivity contribution in [2.75, 3.05) is 30.9 Å². The lowest BCUT2D eigenvalue weighted by Gasteiger charge is -2.19. The summed E-state index contributed by atoms with van der Waals surface area (Å²) in [6.45, 7) is 5.50. The fourth-order valence-corrected chi connectivity index (χ4v) is 3.16. The van der Waals surface area contributed by atoms with Gasteiger partial charge in [0, 0.05) is 38.2 Å². The van der Waals surface area contributed by atoms with Crippen LogP contribution in [0.1, 0.15) is 25.0 Å². The molecule has 0 fully saturated rings. The van der Waals surface area contributed by atoms with E-state index in [1.165, 1.54) is 11.3 Å². The molecule has 4 heteroatoms. The molecule has 0 spiro atoms. The fraction of sp³-hybridized carbons (Fsp3) is 0.400. The molecule has 1 heterocycles. The van der Waals surface area contributed by atoms with Crippen LogP contribution in [-0.2, 0) is 13.0 Å². The molecule has 0 aliphatic carbocycles. The van der Waals surface area contributed by atoms with Crippen LogP contribution in [-0.4, -0.2) is 26.8 Å². The number of anilines is 2. The van der Waals surface area contributed by atoms with E-state index in [-0.39, 0.29) is 6.10 Å². The van der Waals surface area contributed by atoms with E-state index in [0.29, 0.717) is 13.2 Å². The Morgan fingerprint density at radius 1 is 1.25 bits per heavy atom. The van der Waals surface area contributed by atoms with Crippen LogP contribution < -0.4 is 19.7 Å². The maximum absolute atomic E-state index is 6.03. The molecule has 0 saturated heterocycles. The molecular weight excluding hydrogens is 300 g/mol. The summed E-state index contributed by atoms with van der Waals surface area (Å²) >= 11 is 0. The topological polar surface area (TPSA) is 33.7 Å². The fourth-order valence-electron chi connectivity index (χ4n) is 3.16. The monoisotopic (exact) mass is 326 g/mol. The summed E-state index contributed by atoms with van der Waals surface area (Å²) in [6.07, 6.45) is 1.17. The third-order valence-electron chi connectivity index (χ3n) is 4.21. The van der Waals surface area contributed by atoms with E-state index in [2.05, 4.69) is 67.6 Å². The average Bonchev–Trinajstić information content (AvgIpc) is 2.93. The number of para-hydroxylation sites is 2. The van der Waals surface area contributed by atoms with Crippen LogP contribution in [0.4, 0.5) is 11.4 Å². The Morgan fingerprint density at radius 2 is 2.04 bits per heavy atom. The molecule has 2 aromatic carbocycles. The molecule has 4 nitrogen and oxygen atoms in total. The van der Waals surface area contributed by atoms with Crippen molar-refractivity contribution in [2.45, 2.75) is 32.9 Å². The highest BCUT2D eigenvalue weighted by atomic mass is 16.5. The highest BCUT2D eigenvalue weighted by Gasteiger charge is 2.23. The second-order valence-corrected chi connectivity index (χ2v) is 6.40. The molecular formula is C20H26N2O2. The summed E-state index contributed by atoms with van der Waals surface area (Å²) in [5.74, 6) is 1.94. The van der Waals surface area contributed by atoms with Crippen molar-refractivity contribution >= 4 is 11.4 Å². The molecule has 0 amide bonds. The van der Waals surface area contributed by atoms with Crippen LogP contribution in [0.15, 0.2) is 36.4 Å². The van der Waals surface area contributed by atoms with Crippen molar-refractivity contribution in [1.29, 1.82) is 0 Å². The van der Waals surface area contributed by atoms with Crippen molar-refractivity contribution < 1.29 is 9.47 Å². The lowest BCUT2D eigenvalue weighted by molar-refractivity contribution is 0.252. The van der Waals surface area contributed by atoms with Crippen LogP contribution in [0.25, 0.3) is 0 Å². The Labute approximate surface area is 144 Å². The van der Waals surface area contributed by atoms with Gasteiger partial charge in [0.05, 0.1) is 18.0 Å². The van der Waals surface area contributed by atoms with Gasteiger partial charge in [-0.25, -0.2) is 0 Å². The van der Waals surface area contributed by atoms with Crippen molar-refractivity contribution in [1.82, 2.24) is 0 Å². The molecule has 1 atom stereocenters. The minimum absolute atomic E-state index is 0.227. The van der Waals surface area contributed by atoms with Crippen molar-refractivity contribution in [2.24, 2.45) is 0 Å². The Kier molecular flexibility index (Phi) is 4.84. The molecule has 2 aromatic rings. The van der Waals surface area contributed by atoms with Gasteiger partial charge in [-0.2, -0.15) is 0 Å². The van der Waals surface area contributed by atoms with Gasteiger partial charge in [-0.3, -0.25) is 0 Å². The number of nitrogens with one attached hydrogen (secondary N) is 1. The summed E-state index contributed by atoms with van der Waals surface area (Å²) in [5.41, 5.74) is 4.67. The highest BCUT2D eigenvalue weighted by molar-refractivity contribution is 5.69. The standard InChI is InChI=1S/C20H26N2O2/c1-5-23-17-11-15-10-14(2)24-20(15)16(12-17)13-21-18-8-6-7-9-19(18)22(3)4/h6-9,11-12,14,21H,5,10,13H2,1-4H3/t14-/m1/s1. The van der Waals surface area contributed by atoms with E-state index in [1.807, 2.05) is 6.92 Å². The van der Waals surface area contributed by atoms with Crippen LogP contribution in [0.5, 0.6) is 11.5 Å². The van der Waals surface area contributed by atoms with E-state index < -0.39 is 0 Å². The van der Waals surface area contributed by atoms with Gasteiger partial charge < -0.3 is 19.7 Å². The Hall–Kier alpha value is -2.36. The first-order valence-corrected chi connectivity index (χ1v) is 8.54. The van der Waals surface area contributed by atoms with Crippen molar-refractivity contribution in [3.63, 3.8) is 0 Å². The zero-order valence-corrected chi connectivity index (χ0v) is 14.9. The van der Waals surface area contributed by atoms with E-state index in [1.54, 1.807) is 0 Å². The summed E-state index contributed by atoms with van der Waals surface area (Å²) < 4.78 is 11.8. The van der Waals surface area contributed by atoms with Gasteiger partial charge in [0.25, 0.3) is 0 Å². The zero-order valence-electron chi connectivity index (χ0n) is 14.9. The Morgan fingerprint density at radius 3 is 2.79 bits per heavy atom. The molecule has 0 unspecified atom stereocenters. The molecule has 1 aliphatic heterocycles. The van der Waals surface area contributed by atoms with Gasteiger partial charge in [-0.1, -0.05) is 12.1 Å². The third-order valence-corrected chi connectivity index (χ3v) is 4.21. The van der Waals surface area contributed by atoms with Crippen LogP contribution in [0, 0.1) is 0 Å². The van der Waals surface area contributed by atoms with E-state index in [4.69, 9.17) is 9.47 Å². The normalized spacial score (nSPS) is 15.6. The Balaban J connectivity index is 1.85. The summed E-state index contributed by atoms with van der Waals surface area (Å²) in [4.78, 5) is 2.11. The lowest BCUT2D eigenvalue weighted by atomic mass is 10.1. The SMILES string of the molecule is CCOc1cc(CNc2ccccc2N(C)C)c2c(c1)C[C@@H](C)O2. The first-order valence-electron chi connectivity index (χ1n) is 8.54.